The van der Waals surface area contributed by atoms with Crippen LogP contribution in [0.3, 0.4) is 0 Å². The average Bonchev–Trinajstić information content (AvgIpc) is 3.04. The summed E-state index contributed by atoms with van der Waals surface area (Å²) in [5.74, 6) is -3.08. The second kappa shape index (κ2) is 7.53. The van der Waals surface area contributed by atoms with E-state index in [9.17, 15) is 24.5 Å². The molecule has 3 rings (SSSR count). The molecule has 27 heavy (non-hydrogen) atoms. The number of ether oxygens (including phenoxy) is 2. The molecule has 0 fully saturated rings. The molecule has 1 aromatic heterocycles. The van der Waals surface area contributed by atoms with E-state index in [-0.39, 0.29) is 10.6 Å². The van der Waals surface area contributed by atoms with E-state index in [1.54, 1.807) is 6.07 Å². The third-order valence-electron chi connectivity index (χ3n) is 4.20. The number of thioether (sulfide) groups is 1. The van der Waals surface area contributed by atoms with Crippen molar-refractivity contribution in [1.82, 2.24) is 4.98 Å². The molecule has 142 valence electrons. The van der Waals surface area contributed by atoms with Gasteiger partial charge in [-0.2, -0.15) is 0 Å². The van der Waals surface area contributed by atoms with Gasteiger partial charge in [-0.15, -0.1) is 0 Å². The molecule has 0 aliphatic carbocycles. The predicted molar refractivity (Wildman–Crippen MR) is 97.0 cm³/mol. The van der Waals surface area contributed by atoms with Crippen LogP contribution in [0.25, 0.3) is 0 Å². The van der Waals surface area contributed by atoms with Crippen LogP contribution in [0.5, 0.6) is 0 Å². The number of methoxy groups -OCH3 is 2. The van der Waals surface area contributed by atoms with E-state index in [1.807, 2.05) is 0 Å². The number of non-ortho nitro benzene ring substituents is 1. The largest absolute Gasteiger partial charge is 0.469 e. The van der Waals surface area contributed by atoms with Gasteiger partial charge in [0.1, 0.15) is 5.25 Å². The van der Waals surface area contributed by atoms with E-state index in [0.29, 0.717) is 15.5 Å². The minimum atomic E-state index is -1.01. The number of nitro groups is 1. The first-order valence-corrected chi connectivity index (χ1v) is 9.36. The number of hydrogen-bond acceptors (Lipinski definition) is 9. The van der Waals surface area contributed by atoms with Crippen molar-refractivity contribution in [2.45, 2.75) is 16.2 Å². The molecular formula is C16H14N2O7S2. The van der Waals surface area contributed by atoms with Crippen LogP contribution in [0.4, 0.5) is 5.69 Å². The van der Waals surface area contributed by atoms with E-state index in [2.05, 4.69) is 4.98 Å². The molecule has 1 aliphatic heterocycles. The molecule has 2 aromatic rings. The molecule has 1 aromatic carbocycles. The highest BCUT2D eigenvalue weighted by Gasteiger charge is 2.49. The van der Waals surface area contributed by atoms with Gasteiger partial charge in [-0.1, -0.05) is 35.2 Å². The van der Waals surface area contributed by atoms with E-state index in [1.165, 1.54) is 32.4 Å². The van der Waals surface area contributed by atoms with Gasteiger partial charge in [0.25, 0.3) is 5.69 Å². The zero-order chi connectivity index (χ0) is 19.7. The minimum absolute atomic E-state index is 0.159. The lowest BCUT2D eigenvalue weighted by molar-refractivity contribution is -0.384. The molecule has 0 saturated heterocycles. The number of fused-ring (bicyclic) bond motifs is 1. The Kier molecular flexibility index (Phi) is 5.33. The summed E-state index contributed by atoms with van der Waals surface area (Å²) in [5, 5.41) is 10.6. The fourth-order valence-electron chi connectivity index (χ4n) is 3.05. The monoisotopic (exact) mass is 410 g/mol. The van der Waals surface area contributed by atoms with Crippen molar-refractivity contribution < 1.29 is 24.0 Å². The fourth-order valence-corrected chi connectivity index (χ4v) is 5.55. The van der Waals surface area contributed by atoms with Crippen LogP contribution in [-0.4, -0.2) is 41.3 Å². The topological polar surface area (TPSA) is 129 Å². The van der Waals surface area contributed by atoms with Crippen LogP contribution >= 0.6 is 23.1 Å². The first kappa shape index (κ1) is 19.1. The van der Waals surface area contributed by atoms with Gasteiger partial charge in [0.15, 0.2) is 0 Å². The third kappa shape index (κ3) is 3.47. The first-order chi connectivity index (χ1) is 12.9. The second-order valence-electron chi connectivity index (χ2n) is 5.65. The van der Waals surface area contributed by atoms with Crippen molar-refractivity contribution in [3.05, 3.63) is 54.5 Å². The third-order valence-corrected chi connectivity index (χ3v) is 6.59. The van der Waals surface area contributed by atoms with Gasteiger partial charge < -0.3 is 14.5 Å². The molecule has 2 heterocycles. The van der Waals surface area contributed by atoms with Crippen molar-refractivity contribution in [1.29, 1.82) is 0 Å². The zero-order valence-electron chi connectivity index (χ0n) is 14.2. The molecule has 11 heteroatoms. The quantitative estimate of drug-likeness (QED) is 0.460. The maximum Gasteiger partial charge on any atom is 0.320 e. The van der Waals surface area contributed by atoms with Crippen molar-refractivity contribution in [2.75, 3.05) is 14.2 Å². The van der Waals surface area contributed by atoms with Crippen LogP contribution in [0, 0.1) is 16.0 Å². The van der Waals surface area contributed by atoms with E-state index >= 15 is 0 Å². The van der Waals surface area contributed by atoms with Crippen LogP contribution in [0.2, 0.25) is 0 Å². The molecule has 0 unspecified atom stereocenters. The Balaban J connectivity index is 2.23. The SMILES string of the molecule is COC(=O)[C@@H]1[C@@H](c2cccc([N+](=O)[O-])c2)c2sc(=O)[nH]c2S[C@H]1C(=O)OC. The fraction of sp³-hybridized carbons (Fsp3) is 0.312. The van der Waals surface area contributed by atoms with E-state index < -0.39 is 33.9 Å². The summed E-state index contributed by atoms with van der Waals surface area (Å²) in [4.78, 5) is 50.2. The van der Waals surface area contributed by atoms with Crippen molar-refractivity contribution >= 4 is 40.7 Å². The average molecular weight is 410 g/mol. The minimum Gasteiger partial charge on any atom is -0.469 e. The number of thiazole rings is 1. The van der Waals surface area contributed by atoms with E-state index in [0.717, 1.165) is 23.1 Å². The van der Waals surface area contributed by atoms with Gasteiger partial charge in [-0.25, -0.2) is 0 Å². The van der Waals surface area contributed by atoms with Crippen molar-refractivity contribution in [2.24, 2.45) is 5.92 Å². The summed E-state index contributed by atoms with van der Waals surface area (Å²) in [7, 11) is 2.40. The van der Waals surface area contributed by atoms with Gasteiger partial charge in [-0.05, 0) is 5.56 Å². The van der Waals surface area contributed by atoms with E-state index in [4.69, 9.17) is 9.47 Å². The highest BCUT2D eigenvalue weighted by atomic mass is 32.2. The van der Waals surface area contributed by atoms with Gasteiger partial charge >= 0.3 is 16.8 Å². The second-order valence-corrected chi connectivity index (χ2v) is 7.81. The number of nitrogens with one attached hydrogen (secondary N) is 1. The van der Waals surface area contributed by atoms with Crippen molar-refractivity contribution in [3.63, 3.8) is 0 Å². The Morgan fingerprint density at radius 2 is 1.93 bits per heavy atom. The highest BCUT2D eigenvalue weighted by molar-refractivity contribution is 8.00. The van der Waals surface area contributed by atoms with Crippen LogP contribution in [0.1, 0.15) is 16.4 Å². The molecule has 1 aliphatic rings. The Hall–Kier alpha value is -2.66. The number of carbonyl (C=O) groups excluding carboxylic acids is 2. The Morgan fingerprint density at radius 3 is 2.56 bits per heavy atom. The molecule has 0 saturated carbocycles. The highest BCUT2D eigenvalue weighted by Crippen LogP contribution is 2.50. The lowest BCUT2D eigenvalue weighted by Gasteiger charge is -2.33. The number of aromatic amines is 1. The van der Waals surface area contributed by atoms with Gasteiger partial charge in [-0.3, -0.25) is 24.5 Å². The standard InChI is InChI=1S/C16H14N2O7S2/c1-24-14(19)10-9(7-4-3-5-8(6-7)18(22)23)11-13(17-16(21)27-11)26-12(10)15(20)25-2/h3-6,9-10,12H,1-2H3,(H,17,21)/t9-,10-,12-/m1/s1. The summed E-state index contributed by atoms with van der Waals surface area (Å²) in [6, 6.07) is 5.77. The number of rotatable bonds is 4. The number of nitro benzene ring substituents is 1. The maximum absolute atomic E-state index is 12.6. The lowest BCUT2D eigenvalue weighted by Crippen LogP contribution is -2.40. The number of benzene rings is 1. The summed E-state index contributed by atoms with van der Waals surface area (Å²) < 4.78 is 9.71. The smallest absolute Gasteiger partial charge is 0.320 e. The number of nitrogens with zero attached hydrogens (tertiary/aromatic N) is 1. The summed E-state index contributed by atoms with van der Waals surface area (Å²) in [5.41, 5.74) is 0.277. The molecule has 0 bridgehead atoms. The number of carbonyl (C=O) groups is 2. The molecule has 0 amide bonds. The normalized spacial score (nSPS) is 21.2. The molecular weight excluding hydrogens is 396 g/mol. The maximum atomic E-state index is 12.6. The number of esters is 2. The summed E-state index contributed by atoms with van der Waals surface area (Å²) in [6.07, 6.45) is 0. The molecule has 3 atom stereocenters. The van der Waals surface area contributed by atoms with Crippen molar-refractivity contribution in [3.8, 4) is 0 Å². The Morgan fingerprint density at radius 1 is 1.22 bits per heavy atom. The molecule has 1 N–H and O–H groups in total. The van der Waals surface area contributed by atoms with Crippen LogP contribution in [0.15, 0.2) is 34.1 Å². The van der Waals surface area contributed by atoms with Gasteiger partial charge in [0.05, 0.1) is 30.1 Å². The van der Waals surface area contributed by atoms with Crippen LogP contribution in [-0.2, 0) is 19.1 Å². The summed E-state index contributed by atoms with van der Waals surface area (Å²) >= 11 is 1.92. The van der Waals surface area contributed by atoms with Crippen LogP contribution < -0.4 is 4.87 Å². The van der Waals surface area contributed by atoms with Gasteiger partial charge in [0, 0.05) is 22.9 Å². The molecule has 0 radical (unpaired) electrons. The Bertz CT molecular complexity index is 968. The Labute approximate surface area is 160 Å². The predicted octanol–water partition coefficient (Wildman–Crippen LogP) is 1.91. The summed E-state index contributed by atoms with van der Waals surface area (Å²) in [6.45, 7) is 0. The number of hydrogen-bond donors (Lipinski definition) is 1. The number of aromatic nitrogens is 1. The zero-order valence-corrected chi connectivity index (χ0v) is 15.8. The number of H-pyrrole nitrogens is 1. The van der Waals surface area contributed by atoms with Gasteiger partial charge in [0.2, 0.25) is 0 Å². The molecule has 9 nitrogen and oxygen atoms in total. The first-order valence-electron chi connectivity index (χ1n) is 7.67. The molecule has 0 spiro atoms. The lowest BCUT2D eigenvalue weighted by atomic mass is 9.82.